The normalized spacial score (nSPS) is 11.7. The molecule has 0 aliphatic rings. The standard InChI is InChI=1S/C18H19N3O5S/c1-2-26-11-13-6-4-3-5-12(13)10-19-27(24,25)14-7-8-16-15(9-14)17(22)21-18(23)20-16/h3-9,19H,2,10-11H2,1H3,(H2,20,21,22,23). The smallest absolute Gasteiger partial charge is 0.326 e. The number of nitrogens with one attached hydrogen (secondary N) is 3. The Morgan fingerprint density at radius 1 is 1.04 bits per heavy atom. The highest BCUT2D eigenvalue weighted by atomic mass is 32.2. The highest BCUT2D eigenvalue weighted by molar-refractivity contribution is 7.89. The Kier molecular flexibility index (Phi) is 5.54. The lowest BCUT2D eigenvalue weighted by molar-refractivity contribution is 0.133. The fraction of sp³-hybridized carbons (Fsp3) is 0.222. The van der Waals surface area contributed by atoms with Gasteiger partial charge in [-0.3, -0.25) is 9.78 Å². The molecule has 3 rings (SSSR count). The second kappa shape index (κ2) is 7.87. The average molecular weight is 389 g/mol. The van der Waals surface area contributed by atoms with Gasteiger partial charge in [0.1, 0.15) is 0 Å². The van der Waals surface area contributed by atoms with Gasteiger partial charge in [-0.15, -0.1) is 0 Å². The minimum absolute atomic E-state index is 0.0603. The maximum absolute atomic E-state index is 12.6. The van der Waals surface area contributed by atoms with Crippen molar-refractivity contribution >= 4 is 20.9 Å². The summed E-state index contributed by atoms with van der Waals surface area (Å²) in [5, 5.41) is 0.0919. The van der Waals surface area contributed by atoms with Crippen molar-refractivity contribution in [2.45, 2.75) is 25.0 Å². The summed E-state index contributed by atoms with van der Waals surface area (Å²) in [4.78, 5) is 27.7. The average Bonchev–Trinajstić information content (AvgIpc) is 2.65. The molecule has 0 fully saturated rings. The predicted octanol–water partition coefficient (Wildman–Crippen LogP) is 1.23. The molecule has 2 aromatic carbocycles. The number of aromatic amines is 2. The first-order valence-electron chi connectivity index (χ1n) is 8.31. The van der Waals surface area contributed by atoms with Crippen LogP contribution in [0.25, 0.3) is 10.9 Å². The second-order valence-corrected chi connectivity index (χ2v) is 7.61. The molecule has 0 aliphatic carbocycles. The van der Waals surface area contributed by atoms with Crippen molar-refractivity contribution in [2.24, 2.45) is 0 Å². The van der Waals surface area contributed by atoms with Gasteiger partial charge >= 0.3 is 5.69 Å². The molecule has 3 aromatic rings. The molecule has 27 heavy (non-hydrogen) atoms. The minimum atomic E-state index is -3.85. The van der Waals surface area contributed by atoms with E-state index in [-0.39, 0.29) is 22.3 Å². The summed E-state index contributed by atoms with van der Waals surface area (Å²) < 4.78 is 33.2. The molecule has 0 saturated heterocycles. The highest BCUT2D eigenvalue weighted by Gasteiger charge is 2.16. The van der Waals surface area contributed by atoms with E-state index in [9.17, 15) is 18.0 Å². The van der Waals surface area contributed by atoms with Crippen LogP contribution in [0.3, 0.4) is 0 Å². The van der Waals surface area contributed by atoms with Gasteiger partial charge in [-0.1, -0.05) is 24.3 Å². The fourth-order valence-corrected chi connectivity index (χ4v) is 3.68. The number of hydrogen-bond donors (Lipinski definition) is 3. The Hall–Kier alpha value is -2.75. The predicted molar refractivity (Wildman–Crippen MR) is 101 cm³/mol. The van der Waals surface area contributed by atoms with Crippen LogP contribution < -0.4 is 16.0 Å². The molecule has 0 atom stereocenters. The molecule has 1 aromatic heterocycles. The van der Waals surface area contributed by atoms with Gasteiger partial charge in [-0.05, 0) is 36.2 Å². The van der Waals surface area contributed by atoms with Crippen LogP contribution in [0.4, 0.5) is 0 Å². The Morgan fingerprint density at radius 3 is 2.52 bits per heavy atom. The largest absolute Gasteiger partial charge is 0.377 e. The van der Waals surface area contributed by atoms with Crippen molar-refractivity contribution in [3.63, 3.8) is 0 Å². The summed E-state index contributed by atoms with van der Waals surface area (Å²) in [5.41, 5.74) is 0.678. The van der Waals surface area contributed by atoms with Gasteiger partial charge in [-0.25, -0.2) is 17.9 Å². The zero-order valence-electron chi connectivity index (χ0n) is 14.6. The lowest BCUT2D eigenvalue weighted by Crippen LogP contribution is -2.25. The third-order valence-corrected chi connectivity index (χ3v) is 5.45. The van der Waals surface area contributed by atoms with E-state index in [1.807, 2.05) is 31.2 Å². The molecule has 9 heteroatoms. The molecule has 0 amide bonds. The summed E-state index contributed by atoms with van der Waals surface area (Å²) in [6.45, 7) is 2.94. The van der Waals surface area contributed by atoms with Gasteiger partial charge in [0.15, 0.2) is 0 Å². The second-order valence-electron chi connectivity index (χ2n) is 5.85. The topological polar surface area (TPSA) is 121 Å². The summed E-state index contributed by atoms with van der Waals surface area (Å²) >= 11 is 0. The molecule has 8 nitrogen and oxygen atoms in total. The zero-order valence-corrected chi connectivity index (χ0v) is 15.4. The van der Waals surface area contributed by atoms with Crippen molar-refractivity contribution in [3.8, 4) is 0 Å². The number of benzene rings is 2. The molecule has 0 aliphatic heterocycles. The van der Waals surface area contributed by atoms with Crippen LogP contribution in [0.15, 0.2) is 56.9 Å². The number of H-pyrrole nitrogens is 2. The monoisotopic (exact) mass is 389 g/mol. The van der Waals surface area contributed by atoms with Gasteiger partial charge in [0.25, 0.3) is 5.56 Å². The summed E-state index contributed by atoms with van der Waals surface area (Å²) in [6, 6.07) is 11.4. The number of fused-ring (bicyclic) bond motifs is 1. The van der Waals surface area contributed by atoms with Crippen LogP contribution in [0.1, 0.15) is 18.1 Å². The Morgan fingerprint density at radius 2 is 1.78 bits per heavy atom. The van der Waals surface area contributed by atoms with E-state index in [0.29, 0.717) is 13.2 Å². The fourth-order valence-electron chi connectivity index (χ4n) is 2.65. The van der Waals surface area contributed by atoms with E-state index in [4.69, 9.17) is 4.74 Å². The number of aromatic nitrogens is 2. The molecule has 0 saturated carbocycles. The lowest BCUT2D eigenvalue weighted by atomic mass is 10.1. The Labute approximate surface area is 155 Å². The van der Waals surface area contributed by atoms with Crippen molar-refractivity contribution < 1.29 is 13.2 Å². The van der Waals surface area contributed by atoms with Crippen molar-refractivity contribution in [2.75, 3.05) is 6.61 Å². The molecule has 3 N–H and O–H groups in total. The van der Waals surface area contributed by atoms with E-state index in [0.717, 1.165) is 11.1 Å². The third kappa shape index (κ3) is 4.33. The van der Waals surface area contributed by atoms with Crippen molar-refractivity contribution in [3.05, 3.63) is 74.4 Å². The quantitative estimate of drug-likeness (QED) is 0.561. The van der Waals surface area contributed by atoms with Crippen LogP contribution in [-0.2, 0) is 27.9 Å². The SMILES string of the molecule is CCOCc1ccccc1CNS(=O)(=O)c1ccc2[nH]c(=O)[nH]c(=O)c2c1. The number of ether oxygens (including phenoxy) is 1. The molecule has 142 valence electrons. The van der Waals surface area contributed by atoms with Gasteiger partial charge in [-0.2, -0.15) is 0 Å². The van der Waals surface area contributed by atoms with Crippen LogP contribution >= 0.6 is 0 Å². The first kappa shape index (κ1) is 19.0. The van der Waals surface area contributed by atoms with Gasteiger partial charge in [0.2, 0.25) is 10.0 Å². The minimum Gasteiger partial charge on any atom is -0.377 e. The molecule has 0 radical (unpaired) electrons. The molecular weight excluding hydrogens is 370 g/mol. The maximum atomic E-state index is 12.6. The number of sulfonamides is 1. The van der Waals surface area contributed by atoms with Crippen LogP contribution in [0, 0.1) is 0 Å². The van der Waals surface area contributed by atoms with Crippen molar-refractivity contribution in [1.82, 2.24) is 14.7 Å². The van der Waals surface area contributed by atoms with E-state index >= 15 is 0 Å². The zero-order chi connectivity index (χ0) is 19.4. The van der Waals surface area contributed by atoms with Crippen LogP contribution in [0.5, 0.6) is 0 Å². The molecular formula is C18H19N3O5S. The first-order chi connectivity index (χ1) is 12.9. The van der Waals surface area contributed by atoms with E-state index in [2.05, 4.69) is 14.7 Å². The summed E-state index contributed by atoms with van der Waals surface area (Å²) in [5.74, 6) is 0. The van der Waals surface area contributed by atoms with Crippen LogP contribution in [0.2, 0.25) is 0 Å². The summed E-state index contributed by atoms with van der Waals surface area (Å²) in [6.07, 6.45) is 0. The van der Waals surface area contributed by atoms with Gasteiger partial charge in [0.05, 0.1) is 22.4 Å². The van der Waals surface area contributed by atoms with E-state index < -0.39 is 21.3 Å². The van der Waals surface area contributed by atoms with Gasteiger partial charge < -0.3 is 9.72 Å². The third-order valence-electron chi connectivity index (χ3n) is 4.05. The van der Waals surface area contributed by atoms with Crippen molar-refractivity contribution in [1.29, 1.82) is 0 Å². The summed E-state index contributed by atoms with van der Waals surface area (Å²) in [7, 11) is -3.85. The Balaban J connectivity index is 1.87. The van der Waals surface area contributed by atoms with Gasteiger partial charge in [0, 0.05) is 13.2 Å². The Bertz CT molecular complexity index is 1180. The van der Waals surface area contributed by atoms with E-state index in [1.54, 1.807) is 0 Å². The number of rotatable bonds is 7. The molecule has 1 heterocycles. The maximum Gasteiger partial charge on any atom is 0.326 e. The molecule has 0 bridgehead atoms. The number of hydrogen-bond acceptors (Lipinski definition) is 5. The van der Waals surface area contributed by atoms with E-state index in [1.165, 1.54) is 18.2 Å². The highest BCUT2D eigenvalue weighted by Crippen LogP contribution is 2.16. The lowest BCUT2D eigenvalue weighted by Gasteiger charge is -2.11. The molecule has 0 unspecified atom stereocenters. The first-order valence-corrected chi connectivity index (χ1v) is 9.79. The van der Waals surface area contributed by atoms with Crippen LogP contribution in [-0.4, -0.2) is 25.0 Å². The molecule has 0 spiro atoms.